The smallest absolute Gasteiger partial charge is 0.378 e. The molecule has 4 aromatic carbocycles. The van der Waals surface area contributed by atoms with Gasteiger partial charge >= 0.3 is 10.1 Å². The molecule has 0 aliphatic carbocycles. The fourth-order valence-electron chi connectivity index (χ4n) is 4.36. The van der Waals surface area contributed by atoms with Gasteiger partial charge in [0.1, 0.15) is 0 Å². The third-order valence-corrected chi connectivity index (χ3v) is 12.1. The van der Waals surface area contributed by atoms with Crippen LogP contribution in [0, 0.1) is 29.1 Å². The van der Waals surface area contributed by atoms with E-state index in [0.29, 0.717) is 14.7 Å². The maximum Gasteiger partial charge on any atom is 0.428 e. The van der Waals surface area contributed by atoms with Crippen LogP contribution in [0.2, 0.25) is 0 Å². The highest BCUT2D eigenvalue weighted by Gasteiger charge is 2.47. The first-order valence-corrected chi connectivity index (χ1v) is 15.8. The van der Waals surface area contributed by atoms with Gasteiger partial charge in [0.15, 0.2) is 23.3 Å². The number of hydrogen-bond donors (Lipinski definition) is 0. The highest BCUT2D eigenvalue weighted by atomic mass is 32.3. The van der Waals surface area contributed by atoms with Crippen LogP contribution in [0.25, 0.3) is 0 Å². The van der Waals surface area contributed by atoms with Gasteiger partial charge < -0.3 is 14.7 Å². The minimum Gasteiger partial charge on any atom is -0.378 e. The molecule has 230 valence electrons. The molecule has 0 radical (unpaired) electrons. The maximum atomic E-state index is 14.9. The van der Waals surface area contributed by atoms with Crippen molar-refractivity contribution in [3.63, 3.8) is 0 Å². The van der Waals surface area contributed by atoms with Crippen LogP contribution in [0.1, 0.15) is 0 Å². The van der Waals surface area contributed by atoms with Gasteiger partial charge in [0.05, 0.1) is 25.0 Å². The van der Waals surface area contributed by atoms with Crippen molar-refractivity contribution in [2.45, 2.75) is 19.6 Å². The lowest BCUT2D eigenvalue weighted by Gasteiger charge is -2.35. The van der Waals surface area contributed by atoms with Gasteiger partial charge in [0.2, 0.25) is 10.7 Å². The average Bonchev–Trinajstić information content (AvgIpc) is 2.98. The first-order valence-electron chi connectivity index (χ1n) is 12.8. The zero-order valence-electron chi connectivity index (χ0n) is 24.2. The van der Waals surface area contributed by atoms with Gasteiger partial charge in [-0.25, -0.2) is 22.0 Å². The minimum atomic E-state index is -5.53. The molecule has 13 heteroatoms. The van der Waals surface area contributed by atoms with Crippen molar-refractivity contribution < 1.29 is 34.0 Å². The van der Waals surface area contributed by atoms with Crippen LogP contribution in [-0.4, -0.2) is 54.3 Å². The molecule has 0 unspecified atom stereocenters. The van der Waals surface area contributed by atoms with Crippen molar-refractivity contribution in [3.8, 4) is 0 Å². The number of benzene rings is 4. The predicted molar refractivity (Wildman–Crippen MR) is 161 cm³/mol. The topological polar surface area (TPSA) is 56.7 Å². The monoisotopic (exact) mass is 640 g/mol. The van der Waals surface area contributed by atoms with Gasteiger partial charge in [-0.3, -0.25) is 3.63 Å². The fourth-order valence-corrected chi connectivity index (χ4v) is 9.90. The van der Waals surface area contributed by atoms with Crippen LogP contribution in [0.15, 0.2) is 92.4 Å². The zero-order chi connectivity index (χ0) is 31.9. The average molecular weight is 641 g/mol. The van der Waals surface area contributed by atoms with Crippen molar-refractivity contribution in [2.24, 2.45) is 0 Å². The van der Waals surface area contributed by atoms with E-state index in [9.17, 15) is 30.4 Å². The Morgan fingerprint density at radius 1 is 0.465 bits per heavy atom. The third kappa shape index (κ3) is 5.89. The maximum absolute atomic E-state index is 14.9. The Hall–Kier alpha value is -3.81. The van der Waals surface area contributed by atoms with Gasteiger partial charge in [-0.15, -0.1) is 8.42 Å². The Bertz CT molecular complexity index is 1580. The quantitative estimate of drug-likeness (QED) is 0.0634. The molecular weight excluding hydrogens is 609 g/mol. The third-order valence-electron chi connectivity index (χ3n) is 6.72. The summed E-state index contributed by atoms with van der Waals surface area (Å²) in [6, 6.07) is 20.2. The molecule has 4 rings (SSSR count). The van der Waals surface area contributed by atoms with Gasteiger partial charge in [0.25, 0.3) is 0 Å². The first kappa shape index (κ1) is 32.1. The van der Waals surface area contributed by atoms with E-state index in [0.717, 1.165) is 17.1 Å². The molecule has 0 aliphatic heterocycles. The van der Waals surface area contributed by atoms with E-state index in [1.165, 1.54) is 0 Å². The van der Waals surface area contributed by atoms with E-state index < -0.39 is 54.4 Å². The Morgan fingerprint density at radius 3 is 0.977 bits per heavy atom. The number of anilines is 3. The van der Waals surface area contributed by atoms with Crippen molar-refractivity contribution in [2.75, 3.05) is 57.0 Å². The van der Waals surface area contributed by atoms with Gasteiger partial charge in [-0.2, -0.15) is 0 Å². The molecule has 0 amide bonds. The Labute approximate surface area is 249 Å². The van der Waals surface area contributed by atoms with Crippen LogP contribution in [0.5, 0.6) is 0 Å². The molecule has 0 spiro atoms. The first-order chi connectivity index (χ1) is 20.1. The second-order valence-electron chi connectivity index (χ2n) is 10.2. The molecule has 0 fully saturated rings. The highest BCUT2D eigenvalue weighted by Crippen LogP contribution is 2.69. The second-order valence-corrected chi connectivity index (χ2v) is 14.7. The molecule has 0 bridgehead atoms. The van der Waals surface area contributed by atoms with Gasteiger partial charge in [-0.05, 0) is 72.8 Å². The highest BCUT2D eigenvalue weighted by molar-refractivity contribution is 8.32. The summed E-state index contributed by atoms with van der Waals surface area (Å²) < 4.78 is 104. The van der Waals surface area contributed by atoms with Crippen LogP contribution in [0.3, 0.4) is 0 Å². The summed E-state index contributed by atoms with van der Waals surface area (Å²) in [5.41, 5.74) is 2.31. The molecule has 0 aliphatic rings. The summed E-state index contributed by atoms with van der Waals surface area (Å²) in [6.45, 7) is 0. The molecule has 0 saturated carbocycles. The summed E-state index contributed by atoms with van der Waals surface area (Å²) in [5, 5.41) is 0. The van der Waals surface area contributed by atoms with Crippen molar-refractivity contribution in [3.05, 3.63) is 102 Å². The van der Waals surface area contributed by atoms with Crippen LogP contribution < -0.4 is 14.7 Å². The van der Waals surface area contributed by atoms with E-state index in [1.807, 2.05) is 57.0 Å². The van der Waals surface area contributed by atoms with Gasteiger partial charge in [0, 0.05) is 59.3 Å². The summed E-state index contributed by atoms with van der Waals surface area (Å²) in [5.74, 6) is -12.2. The Kier molecular flexibility index (Phi) is 9.00. The second kappa shape index (κ2) is 12.1. The van der Waals surface area contributed by atoms with E-state index in [-0.39, 0.29) is 0 Å². The Balaban J connectivity index is 2.10. The number of rotatable bonds is 9. The molecule has 0 heterocycles. The summed E-state index contributed by atoms with van der Waals surface area (Å²) in [4.78, 5) is 4.49. The largest absolute Gasteiger partial charge is 0.428 e. The van der Waals surface area contributed by atoms with E-state index in [1.54, 1.807) is 72.8 Å². The summed E-state index contributed by atoms with van der Waals surface area (Å²) in [6.07, 6.45) is 0. The SMILES string of the molecule is CN(C)c1ccc(S([OH+]S(=O)(=O)c2c(F)c(F)c(F)c(F)c2F)(c2ccc(N(C)C)cc2)c2ccc(N(C)C)cc2)cc1. The van der Waals surface area contributed by atoms with Crippen molar-refractivity contribution in [1.82, 2.24) is 0 Å². The molecule has 43 heavy (non-hydrogen) atoms. The lowest BCUT2D eigenvalue weighted by Crippen LogP contribution is -2.22. The van der Waals surface area contributed by atoms with E-state index in [4.69, 9.17) is 0 Å². The summed E-state index contributed by atoms with van der Waals surface area (Å²) >= 11 is 0. The van der Waals surface area contributed by atoms with Gasteiger partial charge in [-0.1, -0.05) is 0 Å². The minimum absolute atomic E-state index is 0.348. The number of nitrogens with zero attached hydrogens (tertiary/aromatic N) is 3. The lowest BCUT2D eigenvalue weighted by molar-refractivity contribution is 0.338. The van der Waals surface area contributed by atoms with Crippen molar-refractivity contribution in [1.29, 1.82) is 0 Å². The van der Waals surface area contributed by atoms with Crippen molar-refractivity contribution >= 4 is 37.5 Å². The predicted octanol–water partition coefficient (Wildman–Crippen LogP) is 7.26. The number of halogens is 5. The molecule has 4 aromatic rings. The standard InChI is InChI=1S/C30H30F5N3O3S2/c1-36(2)19-7-13-22(14-8-19)42(23-15-9-20(10-16-23)37(3)4,24-17-11-21(12-18-24)38(5)6)41-43(39,40)30-28(34)26(32)25(31)27(33)29(30)35/h7-18H,1-6H3/p+1. The van der Waals surface area contributed by atoms with Crippen LogP contribution in [-0.2, 0) is 10.1 Å². The van der Waals surface area contributed by atoms with Crippen LogP contribution >= 0.6 is 10.3 Å². The Morgan fingerprint density at radius 2 is 0.721 bits per heavy atom. The van der Waals surface area contributed by atoms with E-state index in [2.05, 4.69) is 3.63 Å². The zero-order valence-corrected chi connectivity index (χ0v) is 25.9. The summed E-state index contributed by atoms with van der Waals surface area (Å²) in [7, 11) is 2.02. The molecule has 0 atom stereocenters. The molecule has 1 N–H and O–H groups in total. The fraction of sp³-hybridized carbons (Fsp3) is 0.200. The van der Waals surface area contributed by atoms with Crippen LogP contribution in [0.4, 0.5) is 39.0 Å². The lowest BCUT2D eigenvalue weighted by atomic mass is 10.3. The molecule has 6 nitrogen and oxygen atoms in total. The van der Waals surface area contributed by atoms with E-state index >= 15 is 0 Å². The molecule has 0 aromatic heterocycles. The number of hydrogen-bond acceptors (Lipinski definition) is 5. The molecular formula is C30H31F5N3O3S2+. The molecule has 0 saturated heterocycles. The normalized spacial score (nSPS) is 12.3.